The SMILES string of the molecule is Oc1ccc(CNc2cccc(-n3cccc3)c2)c(O)c1. The summed E-state index contributed by atoms with van der Waals surface area (Å²) >= 11 is 0. The maximum absolute atomic E-state index is 9.77. The van der Waals surface area contributed by atoms with Crippen molar-refractivity contribution in [2.75, 3.05) is 5.32 Å². The molecule has 0 spiro atoms. The molecule has 0 aliphatic carbocycles. The summed E-state index contributed by atoms with van der Waals surface area (Å²) in [5.41, 5.74) is 2.77. The number of phenols is 2. The van der Waals surface area contributed by atoms with Crippen molar-refractivity contribution in [1.29, 1.82) is 0 Å². The Hall–Kier alpha value is -2.88. The summed E-state index contributed by atoms with van der Waals surface area (Å²) in [5.74, 6) is 0.148. The van der Waals surface area contributed by atoms with Crippen molar-refractivity contribution in [2.24, 2.45) is 0 Å². The number of benzene rings is 2. The van der Waals surface area contributed by atoms with Gasteiger partial charge in [-0.1, -0.05) is 6.07 Å². The van der Waals surface area contributed by atoms with E-state index in [-0.39, 0.29) is 11.5 Å². The van der Waals surface area contributed by atoms with Crippen LogP contribution in [0.2, 0.25) is 0 Å². The Balaban J connectivity index is 1.75. The van der Waals surface area contributed by atoms with Gasteiger partial charge in [0.15, 0.2) is 0 Å². The summed E-state index contributed by atoms with van der Waals surface area (Å²) in [6.07, 6.45) is 3.98. The molecule has 21 heavy (non-hydrogen) atoms. The summed E-state index contributed by atoms with van der Waals surface area (Å²) in [7, 11) is 0. The quantitative estimate of drug-likeness (QED) is 0.685. The minimum absolute atomic E-state index is 0.0610. The molecule has 0 amide bonds. The highest BCUT2D eigenvalue weighted by molar-refractivity contribution is 5.52. The van der Waals surface area contributed by atoms with E-state index in [1.54, 1.807) is 12.1 Å². The predicted octanol–water partition coefficient (Wildman–Crippen LogP) is 3.50. The molecule has 2 aromatic carbocycles. The second kappa shape index (κ2) is 5.63. The van der Waals surface area contributed by atoms with Gasteiger partial charge in [-0.05, 0) is 42.5 Å². The van der Waals surface area contributed by atoms with Gasteiger partial charge in [0.1, 0.15) is 11.5 Å². The van der Waals surface area contributed by atoms with Gasteiger partial charge in [-0.25, -0.2) is 0 Å². The average molecular weight is 280 g/mol. The fourth-order valence-corrected chi connectivity index (χ4v) is 2.18. The van der Waals surface area contributed by atoms with Crippen molar-refractivity contribution in [1.82, 2.24) is 4.57 Å². The van der Waals surface area contributed by atoms with E-state index in [4.69, 9.17) is 0 Å². The van der Waals surface area contributed by atoms with Crippen LogP contribution in [0.4, 0.5) is 5.69 Å². The first-order valence-corrected chi connectivity index (χ1v) is 6.70. The van der Waals surface area contributed by atoms with E-state index in [1.807, 2.05) is 53.4 Å². The third kappa shape index (κ3) is 3.00. The number of anilines is 1. The molecule has 4 heteroatoms. The smallest absolute Gasteiger partial charge is 0.124 e. The van der Waals surface area contributed by atoms with Crippen LogP contribution in [0.1, 0.15) is 5.56 Å². The van der Waals surface area contributed by atoms with E-state index in [0.29, 0.717) is 6.54 Å². The molecule has 0 aliphatic rings. The van der Waals surface area contributed by atoms with Crippen LogP contribution < -0.4 is 5.32 Å². The van der Waals surface area contributed by atoms with Crippen LogP contribution in [0, 0.1) is 0 Å². The van der Waals surface area contributed by atoms with E-state index < -0.39 is 0 Å². The van der Waals surface area contributed by atoms with Gasteiger partial charge in [0, 0.05) is 41.9 Å². The van der Waals surface area contributed by atoms with Gasteiger partial charge >= 0.3 is 0 Å². The molecule has 0 aliphatic heterocycles. The standard InChI is InChI=1S/C17H16N2O2/c20-16-7-6-13(17(21)11-16)12-18-14-4-3-5-15(10-14)19-8-1-2-9-19/h1-11,18,20-21H,12H2. The number of phenolic OH excluding ortho intramolecular Hbond substituents is 2. The highest BCUT2D eigenvalue weighted by Crippen LogP contribution is 2.24. The molecular formula is C17H16N2O2. The Labute approximate surface area is 122 Å². The number of aromatic hydroxyl groups is 2. The minimum Gasteiger partial charge on any atom is -0.508 e. The van der Waals surface area contributed by atoms with Crippen LogP contribution >= 0.6 is 0 Å². The highest BCUT2D eigenvalue weighted by Gasteiger charge is 2.03. The van der Waals surface area contributed by atoms with Crippen molar-refractivity contribution in [3.8, 4) is 17.2 Å². The molecule has 0 saturated carbocycles. The largest absolute Gasteiger partial charge is 0.508 e. The van der Waals surface area contributed by atoms with Crippen LogP contribution in [0.5, 0.6) is 11.5 Å². The number of nitrogens with zero attached hydrogens (tertiary/aromatic N) is 1. The van der Waals surface area contributed by atoms with Crippen molar-refractivity contribution in [3.63, 3.8) is 0 Å². The van der Waals surface area contributed by atoms with Crippen molar-refractivity contribution in [3.05, 3.63) is 72.6 Å². The Morgan fingerprint density at radius 3 is 2.48 bits per heavy atom. The van der Waals surface area contributed by atoms with Gasteiger partial charge in [0.05, 0.1) is 0 Å². The molecule has 0 unspecified atom stereocenters. The normalized spacial score (nSPS) is 10.5. The summed E-state index contributed by atoms with van der Waals surface area (Å²) < 4.78 is 2.03. The lowest BCUT2D eigenvalue weighted by atomic mass is 10.2. The van der Waals surface area contributed by atoms with Crippen molar-refractivity contribution < 1.29 is 10.2 Å². The number of hydrogen-bond acceptors (Lipinski definition) is 3. The van der Waals surface area contributed by atoms with Gasteiger partial charge in [-0.2, -0.15) is 0 Å². The zero-order valence-electron chi connectivity index (χ0n) is 11.4. The lowest BCUT2D eigenvalue weighted by molar-refractivity contribution is 0.446. The topological polar surface area (TPSA) is 57.4 Å². The summed E-state index contributed by atoms with van der Waals surface area (Å²) in [4.78, 5) is 0. The highest BCUT2D eigenvalue weighted by atomic mass is 16.3. The molecule has 0 fully saturated rings. The molecule has 1 heterocycles. The second-order valence-corrected chi connectivity index (χ2v) is 4.81. The zero-order valence-corrected chi connectivity index (χ0v) is 11.4. The first kappa shape index (κ1) is 13.1. The zero-order chi connectivity index (χ0) is 14.7. The van der Waals surface area contributed by atoms with Crippen LogP contribution in [-0.2, 0) is 6.54 Å². The maximum Gasteiger partial charge on any atom is 0.124 e. The van der Waals surface area contributed by atoms with E-state index in [9.17, 15) is 10.2 Å². The molecular weight excluding hydrogens is 264 g/mol. The molecule has 1 aromatic heterocycles. The van der Waals surface area contributed by atoms with Gasteiger partial charge in [0.2, 0.25) is 0 Å². The van der Waals surface area contributed by atoms with Gasteiger partial charge < -0.3 is 20.1 Å². The number of hydrogen-bond donors (Lipinski definition) is 3. The summed E-state index contributed by atoms with van der Waals surface area (Å²) in [6.45, 7) is 0.487. The molecule has 106 valence electrons. The van der Waals surface area contributed by atoms with Crippen molar-refractivity contribution in [2.45, 2.75) is 6.54 Å². The molecule has 3 N–H and O–H groups in total. The maximum atomic E-state index is 9.77. The van der Waals surface area contributed by atoms with E-state index in [1.165, 1.54) is 6.07 Å². The van der Waals surface area contributed by atoms with E-state index >= 15 is 0 Å². The fraction of sp³-hybridized carbons (Fsp3) is 0.0588. The van der Waals surface area contributed by atoms with Crippen LogP contribution in [0.25, 0.3) is 5.69 Å². The number of aromatic nitrogens is 1. The number of nitrogens with one attached hydrogen (secondary N) is 1. The molecule has 0 radical (unpaired) electrons. The molecule has 0 bridgehead atoms. The van der Waals surface area contributed by atoms with Crippen molar-refractivity contribution >= 4 is 5.69 Å². The van der Waals surface area contributed by atoms with E-state index in [0.717, 1.165) is 16.9 Å². The lowest BCUT2D eigenvalue weighted by Gasteiger charge is -2.10. The second-order valence-electron chi connectivity index (χ2n) is 4.81. The van der Waals surface area contributed by atoms with E-state index in [2.05, 4.69) is 5.32 Å². The van der Waals surface area contributed by atoms with Crippen LogP contribution in [0.15, 0.2) is 67.0 Å². The predicted molar refractivity (Wildman–Crippen MR) is 82.9 cm³/mol. The number of rotatable bonds is 4. The summed E-state index contributed by atoms with van der Waals surface area (Å²) in [6, 6.07) is 16.6. The van der Waals surface area contributed by atoms with Crippen LogP contribution in [-0.4, -0.2) is 14.8 Å². The molecule has 3 rings (SSSR count). The Morgan fingerprint density at radius 1 is 0.905 bits per heavy atom. The monoisotopic (exact) mass is 280 g/mol. The fourth-order valence-electron chi connectivity index (χ4n) is 2.18. The third-order valence-corrected chi connectivity index (χ3v) is 3.30. The molecule has 4 nitrogen and oxygen atoms in total. The van der Waals surface area contributed by atoms with Gasteiger partial charge in [0.25, 0.3) is 0 Å². The average Bonchev–Trinajstić information content (AvgIpc) is 3.01. The summed E-state index contributed by atoms with van der Waals surface area (Å²) in [5, 5.41) is 22.3. The molecule has 3 aromatic rings. The first-order chi connectivity index (χ1) is 10.2. The minimum atomic E-state index is 0.0610. The lowest BCUT2D eigenvalue weighted by Crippen LogP contribution is -2.00. The first-order valence-electron chi connectivity index (χ1n) is 6.70. The molecule has 0 saturated heterocycles. The Bertz CT molecular complexity index is 736. The Morgan fingerprint density at radius 2 is 1.71 bits per heavy atom. The third-order valence-electron chi connectivity index (χ3n) is 3.30. The Kier molecular flexibility index (Phi) is 3.51. The molecule has 0 atom stereocenters. The van der Waals surface area contributed by atoms with Crippen LogP contribution in [0.3, 0.4) is 0 Å². The van der Waals surface area contributed by atoms with Gasteiger partial charge in [-0.15, -0.1) is 0 Å². The van der Waals surface area contributed by atoms with Gasteiger partial charge in [-0.3, -0.25) is 0 Å².